The van der Waals surface area contributed by atoms with E-state index < -0.39 is 5.97 Å². The first-order chi connectivity index (χ1) is 9.82. The van der Waals surface area contributed by atoms with Gasteiger partial charge < -0.3 is 10.4 Å². The van der Waals surface area contributed by atoms with E-state index in [9.17, 15) is 14.9 Å². The molecule has 0 fully saturated rings. The molecule has 0 aliphatic rings. The highest BCUT2D eigenvalue weighted by Gasteiger charge is 2.19. The third-order valence-corrected chi connectivity index (χ3v) is 3.50. The van der Waals surface area contributed by atoms with E-state index in [0.29, 0.717) is 25.1 Å². The van der Waals surface area contributed by atoms with Crippen molar-refractivity contribution < 1.29 is 14.8 Å². The summed E-state index contributed by atoms with van der Waals surface area (Å²) in [4.78, 5) is 21.1. The third kappa shape index (κ3) is 6.35. The summed E-state index contributed by atoms with van der Waals surface area (Å²) < 4.78 is 0. The van der Waals surface area contributed by atoms with Gasteiger partial charge in [0.2, 0.25) is 0 Å². The number of nitrogens with one attached hydrogen (secondary N) is 1. The van der Waals surface area contributed by atoms with Crippen molar-refractivity contribution in [2.45, 2.75) is 39.7 Å². The normalized spacial score (nSPS) is 11.3. The molecule has 2 N–H and O–H groups in total. The Labute approximate surface area is 124 Å². The molecule has 0 aliphatic carbocycles. The number of carboxylic acids is 1. The van der Waals surface area contributed by atoms with Gasteiger partial charge in [0, 0.05) is 24.6 Å². The second-order valence-electron chi connectivity index (χ2n) is 5.87. The van der Waals surface area contributed by atoms with Crippen molar-refractivity contribution in [1.82, 2.24) is 5.32 Å². The molecule has 0 heterocycles. The SMILES string of the molecule is CC(C)(CCNCc1ccccc1[N+](=O)[O-])CCC(=O)O. The smallest absolute Gasteiger partial charge is 0.303 e. The lowest BCUT2D eigenvalue weighted by atomic mass is 9.84. The summed E-state index contributed by atoms with van der Waals surface area (Å²) in [6, 6.07) is 6.66. The lowest BCUT2D eigenvalue weighted by Crippen LogP contribution is -2.23. The van der Waals surface area contributed by atoms with Crippen molar-refractivity contribution >= 4 is 11.7 Å². The van der Waals surface area contributed by atoms with E-state index in [1.807, 2.05) is 13.8 Å². The molecule has 116 valence electrons. The highest BCUT2D eigenvalue weighted by molar-refractivity contribution is 5.66. The fourth-order valence-corrected chi connectivity index (χ4v) is 2.06. The Morgan fingerprint density at radius 3 is 2.62 bits per heavy atom. The maximum atomic E-state index is 10.9. The number of hydrogen-bond donors (Lipinski definition) is 2. The highest BCUT2D eigenvalue weighted by Crippen LogP contribution is 2.26. The Hall–Kier alpha value is -1.95. The Balaban J connectivity index is 2.41. The predicted molar refractivity (Wildman–Crippen MR) is 80.1 cm³/mol. The molecule has 6 nitrogen and oxygen atoms in total. The lowest BCUT2D eigenvalue weighted by Gasteiger charge is -2.23. The van der Waals surface area contributed by atoms with Crippen LogP contribution in [0.2, 0.25) is 0 Å². The number of hydrogen-bond acceptors (Lipinski definition) is 4. The van der Waals surface area contributed by atoms with Gasteiger partial charge in [0.1, 0.15) is 0 Å². The summed E-state index contributed by atoms with van der Waals surface area (Å²) in [7, 11) is 0. The number of carbonyl (C=O) groups is 1. The maximum absolute atomic E-state index is 10.9. The molecule has 6 heteroatoms. The molecule has 0 radical (unpaired) electrons. The Kier molecular flexibility index (Phi) is 6.30. The van der Waals surface area contributed by atoms with Crippen LogP contribution in [-0.4, -0.2) is 22.5 Å². The molecule has 0 aliphatic heterocycles. The van der Waals surface area contributed by atoms with Gasteiger partial charge in [0.15, 0.2) is 0 Å². The average Bonchev–Trinajstić information content (AvgIpc) is 2.42. The number of carboxylic acid groups (broad SMARTS) is 1. The molecule has 0 saturated heterocycles. The summed E-state index contributed by atoms with van der Waals surface area (Å²) in [6.45, 7) is 5.19. The first-order valence-electron chi connectivity index (χ1n) is 6.97. The van der Waals surface area contributed by atoms with Gasteiger partial charge in [-0.2, -0.15) is 0 Å². The lowest BCUT2D eigenvalue weighted by molar-refractivity contribution is -0.385. The van der Waals surface area contributed by atoms with E-state index in [0.717, 1.165) is 6.42 Å². The zero-order chi connectivity index (χ0) is 15.9. The van der Waals surface area contributed by atoms with Crippen LogP contribution in [0, 0.1) is 15.5 Å². The van der Waals surface area contributed by atoms with Crippen molar-refractivity contribution in [3.8, 4) is 0 Å². The van der Waals surface area contributed by atoms with Gasteiger partial charge in [-0.25, -0.2) is 0 Å². The largest absolute Gasteiger partial charge is 0.481 e. The van der Waals surface area contributed by atoms with Crippen molar-refractivity contribution in [2.24, 2.45) is 5.41 Å². The van der Waals surface area contributed by atoms with Crippen LogP contribution >= 0.6 is 0 Å². The number of nitrogens with zero attached hydrogens (tertiary/aromatic N) is 1. The van der Waals surface area contributed by atoms with Gasteiger partial charge in [-0.1, -0.05) is 32.0 Å². The summed E-state index contributed by atoms with van der Waals surface area (Å²) in [5.74, 6) is -0.782. The average molecular weight is 294 g/mol. The third-order valence-electron chi connectivity index (χ3n) is 3.50. The van der Waals surface area contributed by atoms with E-state index in [1.54, 1.807) is 18.2 Å². The molecule has 0 unspecified atom stereocenters. The van der Waals surface area contributed by atoms with Crippen LogP contribution in [0.4, 0.5) is 5.69 Å². The Morgan fingerprint density at radius 2 is 2.00 bits per heavy atom. The van der Waals surface area contributed by atoms with Gasteiger partial charge in [-0.05, 0) is 24.8 Å². The van der Waals surface area contributed by atoms with Crippen molar-refractivity contribution in [1.29, 1.82) is 0 Å². The molecule has 0 saturated carbocycles. The minimum Gasteiger partial charge on any atom is -0.481 e. The minimum atomic E-state index is -0.782. The number of benzene rings is 1. The molecule has 0 spiro atoms. The summed E-state index contributed by atoms with van der Waals surface area (Å²) in [5.41, 5.74) is 0.717. The molecule has 0 bridgehead atoms. The molecule has 21 heavy (non-hydrogen) atoms. The fraction of sp³-hybridized carbons (Fsp3) is 0.533. The first kappa shape index (κ1) is 17.1. The van der Waals surface area contributed by atoms with Crippen LogP contribution in [0.3, 0.4) is 0 Å². The molecule has 1 aromatic rings. The summed E-state index contributed by atoms with van der Waals surface area (Å²) in [6.07, 6.45) is 1.60. The van der Waals surface area contributed by atoms with Crippen LogP contribution in [0.5, 0.6) is 0 Å². The fourth-order valence-electron chi connectivity index (χ4n) is 2.06. The second kappa shape index (κ2) is 7.73. The number of nitro benzene ring substituents is 1. The van der Waals surface area contributed by atoms with E-state index in [-0.39, 0.29) is 22.4 Å². The van der Waals surface area contributed by atoms with Crippen LogP contribution in [-0.2, 0) is 11.3 Å². The van der Waals surface area contributed by atoms with Gasteiger partial charge in [0.25, 0.3) is 5.69 Å². The van der Waals surface area contributed by atoms with E-state index in [1.165, 1.54) is 6.07 Å². The topological polar surface area (TPSA) is 92.5 Å². The molecule has 1 aromatic carbocycles. The number of aliphatic carboxylic acids is 1. The highest BCUT2D eigenvalue weighted by atomic mass is 16.6. The van der Waals surface area contributed by atoms with Gasteiger partial charge in [-0.3, -0.25) is 14.9 Å². The van der Waals surface area contributed by atoms with Crippen LogP contribution in [0.15, 0.2) is 24.3 Å². The quantitative estimate of drug-likeness (QED) is 0.415. The first-order valence-corrected chi connectivity index (χ1v) is 6.97. The minimum absolute atomic E-state index is 0.0615. The van der Waals surface area contributed by atoms with Crippen molar-refractivity contribution in [3.05, 3.63) is 39.9 Å². The zero-order valence-electron chi connectivity index (χ0n) is 12.5. The number of para-hydroxylation sites is 1. The van der Waals surface area contributed by atoms with Crippen molar-refractivity contribution in [2.75, 3.05) is 6.54 Å². The monoisotopic (exact) mass is 294 g/mol. The predicted octanol–water partition coefficient (Wildman–Crippen LogP) is 2.97. The van der Waals surface area contributed by atoms with E-state index >= 15 is 0 Å². The van der Waals surface area contributed by atoms with Gasteiger partial charge >= 0.3 is 5.97 Å². The van der Waals surface area contributed by atoms with Gasteiger partial charge in [0.05, 0.1) is 4.92 Å². The second-order valence-corrected chi connectivity index (χ2v) is 5.87. The van der Waals surface area contributed by atoms with E-state index in [4.69, 9.17) is 5.11 Å². The maximum Gasteiger partial charge on any atom is 0.303 e. The molecule has 0 amide bonds. The molecule has 1 rings (SSSR count). The van der Waals surface area contributed by atoms with Gasteiger partial charge in [-0.15, -0.1) is 0 Å². The number of rotatable bonds is 9. The summed E-state index contributed by atoms with van der Waals surface area (Å²) >= 11 is 0. The Bertz CT molecular complexity index is 500. The molecule has 0 atom stereocenters. The van der Waals surface area contributed by atoms with E-state index in [2.05, 4.69) is 5.32 Å². The number of nitro groups is 1. The van der Waals surface area contributed by atoms with Crippen LogP contribution in [0.1, 0.15) is 38.7 Å². The molecule has 0 aromatic heterocycles. The summed E-state index contributed by atoms with van der Waals surface area (Å²) in [5, 5.41) is 22.8. The zero-order valence-corrected chi connectivity index (χ0v) is 12.5. The molecular formula is C15H22N2O4. The molecular weight excluding hydrogens is 272 g/mol. The van der Waals surface area contributed by atoms with Crippen LogP contribution < -0.4 is 5.32 Å². The van der Waals surface area contributed by atoms with Crippen LogP contribution in [0.25, 0.3) is 0 Å². The van der Waals surface area contributed by atoms with Crippen molar-refractivity contribution in [3.63, 3.8) is 0 Å². The Morgan fingerprint density at radius 1 is 1.33 bits per heavy atom. The standard InChI is InChI=1S/C15H22N2O4/c1-15(2,8-7-14(18)19)9-10-16-11-12-5-3-4-6-13(12)17(20)21/h3-6,16H,7-11H2,1-2H3,(H,18,19).